The molecular formula is C26H37AsN4O2. The molecular weight excluding hydrogens is 475 g/mol. The number of imide groups is 1. The number of likely N-dealkylation sites (tertiary alicyclic amines) is 1. The summed E-state index contributed by atoms with van der Waals surface area (Å²) in [6.45, 7) is 8.35. The van der Waals surface area contributed by atoms with Gasteiger partial charge < -0.3 is 0 Å². The van der Waals surface area contributed by atoms with Crippen LogP contribution in [0.4, 0.5) is 4.79 Å². The molecule has 2 heterocycles. The molecule has 1 saturated heterocycles. The zero-order valence-electron chi connectivity index (χ0n) is 20.1. The fourth-order valence-corrected chi connectivity index (χ4v) is 7.30. The van der Waals surface area contributed by atoms with Gasteiger partial charge in [-0.3, -0.25) is 0 Å². The fourth-order valence-electron chi connectivity index (χ4n) is 5.68. The van der Waals surface area contributed by atoms with E-state index in [1.165, 1.54) is 26.9 Å². The van der Waals surface area contributed by atoms with Crippen LogP contribution < -0.4 is 5.32 Å². The molecule has 1 aromatic carbocycles. The zero-order chi connectivity index (χ0) is 23.5. The van der Waals surface area contributed by atoms with Gasteiger partial charge in [-0.25, -0.2) is 0 Å². The van der Waals surface area contributed by atoms with E-state index in [0.717, 1.165) is 31.0 Å². The number of hydrogen-bond donors (Lipinski definition) is 2. The van der Waals surface area contributed by atoms with Gasteiger partial charge in [0.05, 0.1) is 0 Å². The summed E-state index contributed by atoms with van der Waals surface area (Å²) >= 11 is -0.789. The van der Waals surface area contributed by atoms with Crippen LogP contribution in [0.5, 0.6) is 0 Å². The number of nitrogens with zero attached hydrogens (tertiary/aromatic N) is 2. The third kappa shape index (κ3) is 4.92. The quantitative estimate of drug-likeness (QED) is 0.407. The van der Waals surface area contributed by atoms with Gasteiger partial charge in [0.15, 0.2) is 0 Å². The number of aromatic amines is 1. The number of amides is 3. The molecule has 1 aromatic heterocycles. The van der Waals surface area contributed by atoms with Crippen LogP contribution in [0.2, 0.25) is 16.6 Å². The third-order valence-electron chi connectivity index (χ3n) is 7.11. The van der Waals surface area contributed by atoms with E-state index >= 15 is 0 Å². The van der Waals surface area contributed by atoms with Crippen molar-refractivity contribution in [3.8, 4) is 0 Å². The Hall–Kier alpha value is -2.04. The van der Waals surface area contributed by atoms with E-state index in [4.69, 9.17) is 0 Å². The molecule has 7 heteroatoms. The molecule has 4 rings (SSSR count). The van der Waals surface area contributed by atoms with Gasteiger partial charge in [0.1, 0.15) is 0 Å². The number of nitrogens with one attached hydrogen (secondary N) is 2. The predicted molar refractivity (Wildman–Crippen MR) is 136 cm³/mol. The Morgan fingerprint density at radius 1 is 1.36 bits per heavy atom. The molecule has 3 amide bonds. The van der Waals surface area contributed by atoms with Crippen LogP contribution in [0.25, 0.3) is 10.9 Å². The van der Waals surface area contributed by atoms with Crippen LogP contribution in [-0.4, -0.2) is 73.6 Å². The summed E-state index contributed by atoms with van der Waals surface area (Å²) in [6.07, 6.45) is 6.75. The molecule has 33 heavy (non-hydrogen) atoms. The van der Waals surface area contributed by atoms with Crippen LogP contribution in [0.3, 0.4) is 0 Å². The van der Waals surface area contributed by atoms with E-state index < -0.39 is 14.7 Å². The molecule has 0 saturated carbocycles. The maximum atomic E-state index is 13.8. The fraction of sp³-hybridized carbons (Fsp3) is 0.538. The van der Waals surface area contributed by atoms with Crippen molar-refractivity contribution in [2.75, 3.05) is 26.2 Å². The topological polar surface area (TPSA) is 68.4 Å². The van der Waals surface area contributed by atoms with Crippen molar-refractivity contribution in [3.05, 3.63) is 48.2 Å². The Labute approximate surface area is 202 Å². The molecule has 178 valence electrons. The monoisotopic (exact) mass is 512 g/mol. The Bertz CT molecular complexity index is 1020. The molecule has 0 spiro atoms. The minimum atomic E-state index is -0.789. The van der Waals surface area contributed by atoms with Crippen molar-refractivity contribution in [2.45, 2.75) is 54.8 Å². The number of H-pyrrole nitrogens is 1. The molecule has 6 nitrogen and oxygen atoms in total. The molecule has 1 aliphatic carbocycles. The van der Waals surface area contributed by atoms with Gasteiger partial charge >= 0.3 is 202 Å². The Morgan fingerprint density at radius 3 is 2.91 bits per heavy atom. The van der Waals surface area contributed by atoms with E-state index in [2.05, 4.69) is 57.6 Å². The van der Waals surface area contributed by atoms with Gasteiger partial charge in [0, 0.05) is 0 Å². The molecule has 1 aliphatic heterocycles. The van der Waals surface area contributed by atoms with Crippen molar-refractivity contribution >= 4 is 37.5 Å². The summed E-state index contributed by atoms with van der Waals surface area (Å²) in [5.41, 5.74) is 8.51. The molecule has 0 bridgehead atoms. The van der Waals surface area contributed by atoms with Crippen LogP contribution in [0, 0.1) is 5.92 Å². The first-order valence-corrected chi connectivity index (χ1v) is 17.2. The van der Waals surface area contributed by atoms with E-state index in [1.807, 2.05) is 13.0 Å². The number of carbonyl (C=O) groups is 2. The Morgan fingerprint density at radius 2 is 2.18 bits per heavy atom. The average molecular weight is 513 g/mol. The summed E-state index contributed by atoms with van der Waals surface area (Å²) < 4.78 is 0. The first-order valence-electron chi connectivity index (χ1n) is 12.1. The molecule has 3 atom stereocenters. The molecule has 2 aliphatic rings. The van der Waals surface area contributed by atoms with Crippen LogP contribution in [0.15, 0.2) is 37.1 Å². The maximum absolute atomic E-state index is 13.8. The van der Waals surface area contributed by atoms with Gasteiger partial charge in [-0.2, -0.15) is 0 Å². The number of benzene rings is 1. The molecule has 1 fully saturated rings. The second-order valence-corrected chi connectivity index (χ2v) is 15.1. The summed E-state index contributed by atoms with van der Waals surface area (Å²) in [7, 11) is 0. The number of hydrogen-bond acceptors (Lipinski definition) is 3. The van der Waals surface area contributed by atoms with Crippen LogP contribution in [0.1, 0.15) is 36.8 Å². The predicted octanol–water partition coefficient (Wildman–Crippen LogP) is 4.39. The van der Waals surface area contributed by atoms with Crippen LogP contribution >= 0.6 is 0 Å². The standard InChI is InChI=1S/C26H37AsN4O2/c1-5-12-30-17-19(25(32)31(26(33)28-6-2)13-8-11-27(3)4)14-21-20-9-7-10-22-24(20)18(16-29-22)15-23(21)30/h5,7,9-10,16,19,21,23,29H,1,6,8,11-15,17H2,2-4H3,(H,28,33)/t19?,21?,23-/m1/s1. The first kappa shape index (κ1) is 24.1. The second-order valence-electron chi connectivity index (χ2n) is 9.62. The number of piperidine rings is 1. The Kier molecular flexibility index (Phi) is 7.65. The first-order chi connectivity index (χ1) is 15.9. The molecule has 0 radical (unpaired) electrons. The summed E-state index contributed by atoms with van der Waals surface area (Å²) in [5.74, 6) is 0.0624. The van der Waals surface area contributed by atoms with Crippen molar-refractivity contribution < 1.29 is 9.59 Å². The van der Waals surface area contributed by atoms with Crippen molar-refractivity contribution in [2.24, 2.45) is 5.92 Å². The number of rotatable bonds is 8. The van der Waals surface area contributed by atoms with E-state index in [1.54, 1.807) is 0 Å². The molecule has 2 aromatic rings. The van der Waals surface area contributed by atoms with Gasteiger partial charge in [-0.15, -0.1) is 0 Å². The summed E-state index contributed by atoms with van der Waals surface area (Å²) in [6, 6.07) is 6.58. The van der Waals surface area contributed by atoms with Crippen LogP contribution in [-0.2, 0) is 11.2 Å². The number of carbonyl (C=O) groups excluding carboxylic acids is 2. The summed E-state index contributed by atoms with van der Waals surface area (Å²) in [5, 5.41) is 5.34. The number of aromatic nitrogens is 1. The SMILES string of the molecule is C=CCN1CC(C(=O)N(CCC[As](C)C)C(=O)NCC)CC2c3cccc4[nH]cc(c34)C[C@H]21. The van der Waals surface area contributed by atoms with Gasteiger partial charge in [-0.1, -0.05) is 0 Å². The van der Waals surface area contributed by atoms with Gasteiger partial charge in [-0.05, 0) is 0 Å². The Balaban J connectivity index is 1.61. The minimum absolute atomic E-state index is 0.0215. The second kappa shape index (κ2) is 10.5. The molecule has 2 N–H and O–H groups in total. The van der Waals surface area contributed by atoms with Gasteiger partial charge in [0.2, 0.25) is 0 Å². The molecule has 2 unspecified atom stereocenters. The number of fused-ring (bicyclic) bond motifs is 2. The normalized spacial score (nSPS) is 22.2. The van der Waals surface area contributed by atoms with Gasteiger partial charge in [0.25, 0.3) is 0 Å². The van der Waals surface area contributed by atoms with E-state index in [9.17, 15) is 9.59 Å². The number of urea groups is 1. The average Bonchev–Trinajstić information content (AvgIpc) is 3.21. The van der Waals surface area contributed by atoms with Crippen molar-refractivity contribution in [1.82, 2.24) is 20.1 Å². The van der Waals surface area contributed by atoms with Crippen molar-refractivity contribution in [1.29, 1.82) is 0 Å². The summed E-state index contributed by atoms with van der Waals surface area (Å²) in [4.78, 5) is 34.0. The third-order valence-corrected chi connectivity index (χ3v) is 9.65. The van der Waals surface area contributed by atoms with Crippen molar-refractivity contribution in [3.63, 3.8) is 0 Å². The van der Waals surface area contributed by atoms with E-state index in [0.29, 0.717) is 25.7 Å². The van der Waals surface area contributed by atoms with E-state index in [-0.39, 0.29) is 23.8 Å². The zero-order valence-corrected chi connectivity index (χ0v) is 22.0.